The number of likely N-dealkylation sites (N-methyl/N-ethyl adjacent to an activating group) is 1. The Morgan fingerprint density at radius 2 is 2.10 bits per heavy atom. The first-order valence-electron chi connectivity index (χ1n) is 6.60. The van der Waals surface area contributed by atoms with Crippen molar-refractivity contribution < 1.29 is 13.2 Å². The molecule has 20 heavy (non-hydrogen) atoms. The number of aromatic nitrogens is 2. The van der Waals surface area contributed by atoms with Crippen molar-refractivity contribution >= 4 is 21.4 Å². The molecule has 7 nitrogen and oxygen atoms in total. The lowest BCUT2D eigenvalue weighted by Crippen LogP contribution is -2.56. The average molecular weight is 298 g/mol. The van der Waals surface area contributed by atoms with Gasteiger partial charge in [0.2, 0.25) is 5.91 Å². The lowest BCUT2D eigenvalue weighted by molar-refractivity contribution is -0.121. The fourth-order valence-electron chi connectivity index (χ4n) is 2.87. The molecule has 0 bridgehead atoms. The largest absolute Gasteiger partial charge is 0.308 e. The second-order valence-electron chi connectivity index (χ2n) is 5.56. The maximum Gasteiger partial charge on any atom is 0.244 e. The Balaban J connectivity index is 1.70. The summed E-state index contributed by atoms with van der Waals surface area (Å²) in [5, 5.41) is 4.08. The molecule has 0 N–H and O–H groups in total. The van der Waals surface area contributed by atoms with Gasteiger partial charge in [-0.25, -0.2) is 8.42 Å². The summed E-state index contributed by atoms with van der Waals surface area (Å²) in [6.45, 7) is 0.652. The summed E-state index contributed by atoms with van der Waals surface area (Å²) in [7, 11) is 0.789. The lowest BCUT2D eigenvalue weighted by atomic mass is 10.2. The molecular weight excluding hydrogens is 280 g/mol. The Labute approximate surface area is 118 Å². The number of nitrogens with zero attached hydrogens (tertiary/aromatic N) is 4. The highest BCUT2D eigenvalue weighted by Crippen LogP contribution is 2.27. The number of hydrogen-bond acceptors (Lipinski definition) is 5. The molecule has 1 atom stereocenters. The predicted molar refractivity (Wildman–Crippen MR) is 74.2 cm³/mol. The maximum atomic E-state index is 12.5. The van der Waals surface area contributed by atoms with Crippen LogP contribution in [-0.2, 0) is 21.7 Å². The van der Waals surface area contributed by atoms with Crippen molar-refractivity contribution in [2.24, 2.45) is 7.05 Å². The van der Waals surface area contributed by atoms with Crippen LogP contribution >= 0.6 is 0 Å². The molecule has 0 radical (unpaired) electrons. The molecule has 1 aromatic heterocycles. The van der Waals surface area contributed by atoms with E-state index in [2.05, 4.69) is 5.10 Å². The quantitative estimate of drug-likeness (QED) is 0.734. The van der Waals surface area contributed by atoms with E-state index in [0.29, 0.717) is 6.54 Å². The lowest BCUT2D eigenvalue weighted by Gasteiger charge is -2.37. The highest BCUT2D eigenvalue weighted by molar-refractivity contribution is 7.92. The summed E-state index contributed by atoms with van der Waals surface area (Å²) in [4.78, 5) is 16.1. The zero-order chi connectivity index (χ0) is 14.5. The highest BCUT2D eigenvalue weighted by Gasteiger charge is 2.43. The molecule has 1 unspecified atom stereocenters. The van der Waals surface area contributed by atoms with E-state index in [0.717, 1.165) is 12.1 Å². The third-order valence-electron chi connectivity index (χ3n) is 4.14. The zero-order valence-corrected chi connectivity index (χ0v) is 12.4. The van der Waals surface area contributed by atoms with Gasteiger partial charge in [0.1, 0.15) is 0 Å². The fraction of sp³-hybridized carbons (Fsp3) is 0.667. The van der Waals surface area contributed by atoms with E-state index in [1.807, 2.05) is 25.2 Å². The molecule has 3 heterocycles. The Hall–Kier alpha value is -1.41. The van der Waals surface area contributed by atoms with Crippen molar-refractivity contribution in [2.45, 2.75) is 18.5 Å². The number of anilines is 1. The van der Waals surface area contributed by atoms with E-state index >= 15 is 0 Å². The topological polar surface area (TPSA) is 75.5 Å². The van der Waals surface area contributed by atoms with E-state index in [1.54, 1.807) is 15.8 Å². The van der Waals surface area contributed by atoms with Gasteiger partial charge < -0.3 is 4.90 Å². The Bertz CT molecular complexity index is 627. The van der Waals surface area contributed by atoms with Crippen molar-refractivity contribution in [2.75, 3.05) is 30.0 Å². The van der Waals surface area contributed by atoms with Gasteiger partial charge in [-0.05, 0) is 13.5 Å². The van der Waals surface area contributed by atoms with E-state index in [-0.39, 0.29) is 29.5 Å². The van der Waals surface area contributed by atoms with Gasteiger partial charge in [0.05, 0.1) is 29.4 Å². The molecule has 0 aromatic carbocycles. The SMILES string of the molecule is CN(C1CS(=O)(=O)C1)C1CCN(c2cnn(C)c2)C1=O. The number of amides is 1. The van der Waals surface area contributed by atoms with Gasteiger partial charge in [0.15, 0.2) is 9.84 Å². The molecule has 2 aliphatic rings. The van der Waals surface area contributed by atoms with Gasteiger partial charge in [-0.3, -0.25) is 14.4 Å². The second kappa shape index (κ2) is 4.56. The minimum Gasteiger partial charge on any atom is -0.308 e. The first-order valence-corrected chi connectivity index (χ1v) is 8.42. The Morgan fingerprint density at radius 3 is 2.65 bits per heavy atom. The monoisotopic (exact) mass is 298 g/mol. The molecular formula is C12H18N4O3S. The summed E-state index contributed by atoms with van der Waals surface area (Å²) in [6.07, 6.45) is 4.21. The molecule has 2 saturated heterocycles. The minimum atomic E-state index is -2.86. The molecule has 110 valence electrons. The average Bonchev–Trinajstić information content (AvgIpc) is 2.91. The van der Waals surface area contributed by atoms with Gasteiger partial charge >= 0.3 is 0 Å². The predicted octanol–water partition coefficient (Wildman–Crippen LogP) is -0.746. The van der Waals surface area contributed by atoms with Crippen molar-refractivity contribution in [1.82, 2.24) is 14.7 Å². The van der Waals surface area contributed by atoms with Crippen LogP contribution in [0.5, 0.6) is 0 Å². The van der Waals surface area contributed by atoms with Crippen LogP contribution in [-0.4, -0.2) is 66.2 Å². The summed E-state index contributed by atoms with van der Waals surface area (Å²) in [5.74, 6) is 0.366. The zero-order valence-electron chi connectivity index (χ0n) is 11.6. The van der Waals surface area contributed by atoms with Crippen LogP contribution < -0.4 is 4.90 Å². The standard InChI is InChI=1S/C12H18N4O3S/c1-14-6-9(5-13-14)16-4-3-11(12(16)17)15(2)10-7-20(18,19)8-10/h5-6,10-11H,3-4,7-8H2,1-2H3. The van der Waals surface area contributed by atoms with Gasteiger partial charge in [-0.1, -0.05) is 0 Å². The number of rotatable bonds is 3. The first kappa shape index (κ1) is 13.6. The van der Waals surface area contributed by atoms with Gasteiger partial charge in [0, 0.05) is 25.8 Å². The Kier molecular flexibility index (Phi) is 3.09. The number of hydrogen-bond donors (Lipinski definition) is 0. The van der Waals surface area contributed by atoms with Crippen LogP contribution in [0, 0.1) is 0 Å². The van der Waals surface area contributed by atoms with Crippen LogP contribution in [0.1, 0.15) is 6.42 Å². The molecule has 1 amide bonds. The first-order chi connectivity index (χ1) is 9.37. The third-order valence-corrected chi connectivity index (χ3v) is 5.93. The smallest absolute Gasteiger partial charge is 0.244 e. The summed E-state index contributed by atoms with van der Waals surface area (Å²) >= 11 is 0. The van der Waals surface area contributed by atoms with Gasteiger partial charge in [0.25, 0.3) is 0 Å². The summed E-state index contributed by atoms with van der Waals surface area (Å²) < 4.78 is 24.2. The number of sulfone groups is 1. The summed E-state index contributed by atoms with van der Waals surface area (Å²) in [5.41, 5.74) is 0.801. The number of carbonyl (C=O) groups is 1. The molecule has 1 aromatic rings. The molecule has 8 heteroatoms. The number of carbonyl (C=O) groups excluding carboxylic acids is 1. The second-order valence-corrected chi connectivity index (χ2v) is 7.72. The van der Waals surface area contributed by atoms with E-state index < -0.39 is 9.84 Å². The molecule has 0 aliphatic carbocycles. The van der Waals surface area contributed by atoms with Crippen LogP contribution in [0.15, 0.2) is 12.4 Å². The van der Waals surface area contributed by atoms with Crippen LogP contribution in [0.3, 0.4) is 0 Å². The molecule has 2 fully saturated rings. The normalized spacial score (nSPS) is 26.2. The third kappa shape index (κ3) is 2.22. The Morgan fingerprint density at radius 1 is 1.40 bits per heavy atom. The van der Waals surface area contributed by atoms with E-state index in [9.17, 15) is 13.2 Å². The van der Waals surface area contributed by atoms with E-state index in [4.69, 9.17) is 0 Å². The van der Waals surface area contributed by atoms with Gasteiger partial charge in [-0.15, -0.1) is 0 Å². The van der Waals surface area contributed by atoms with Crippen molar-refractivity contribution in [3.63, 3.8) is 0 Å². The van der Waals surface area contributed by atoms with Crippen molar-refractivity contribution in [3.05, 3.63) is 12.4 Å². The minimum absolute atomic E-state index is 0.0252. The van der Waals surface area contributed by atoms with Gasteiger partial charge in [-0.2, -0.15) is 5.10 Å². The maximum absolute atomic E-state index is 12.5. The van der Waals surface area contributed by atoms with Crippen molar-refractivity contribution in [1.29, 1.82) is 0 Å². The molecule has 2 aliphatic heterocycles. The molecule has 0 saturated carbocycles. The van der Waals surface area contributed by atoms with E-state index in [1.165, 1.54) is 0 Å². The fourth-order valence-corrected chi connectivity index (χ4v) is 4.42. The molecule has 3 rings (SSSR count). The van der Waals surface area contributed by atoms with Crippen LogP contribution in [0.2, 0.25) is 0 Å². The number of aryl methyl sites for hydroxylation is 1. The van der Waals surface area contributed by atoms with Crippen LogP contribution in [0.4, 0.5) is 5.69 Å². The summed E-state index contributed by atoms with van der Waals surface area (Å²) in [6, 6.07) is -0.251. The van der Waals surface area contributed by atoms with Crippen LogP contribution in [0.25, 0.3) is 0 Å². The highest BCUT2D eigenvalue weighted by atomic mass is 32.2. The molecule has 0 spiro atoms. The van der Waals surface area contributed by atoms with Crippen molar-refractivity contribution in [3.8, 4) is 0 Å².